The number of carbonyl (C=O) groups is 1. The molecule has 1 N–H and O–H groups in total. The standard InChI is InChI=1S/C17H20BrN5O/c1-12-3-4-14(13(18)9-12)21-17(24)15-10-20-16(11-19-15)23-7-5-22(2)6-8-23/h3-4,9-11H,5-8H2,1-2H3,(H,21,24). The van der Waals surface area contributed by atoms with E-state index in [0.29, 0.717) is 5.69 Å². The lowest BCUT2D eigenvalue weighted by atomic mass is 10.2. The third-order valence-electron chi connectivity index (χ3n) is 4.07. The van der Waals surface area contributed by atoms with Crippen molar-refractivity contribution in [3.63, 3.8) is 0 Å². The van der Waals surface area contributed by atoms with Crippen molar-refractivity contribution < 1.29 is 4.79 Å². The number of aromatic nitrogens is 2. The van der Waals surface area contributed by atoms with Gasteiger partial charge in [-0.15, -0.1) is 0 Å². The van der Waals surface area contributed by atoms with Gasteiger partial charge in [0.05, 0.1) is 18.1 Å². The number of halogens is 1. The first-order valence-corrected chi connectivity index (χ1v) is 8.65. The van der Waals surface area contributed by atoms with E-state index in [2.05, 4.69) is 48.1 Å². The third-order valence-corrected chi connectivity index (χ3v) is 4.73. The molecule has 24 heavy (non-hydrogen) atoms. The smallest absolute Gasteiger partial charge is 0.275 e. The van der Waals surface area contributed by atoms with Crippen LogP contribution in [0.1, 0.15) is 16.1 Å². The zero-order chi connectivity index (χ0) is 17.1. The summed E-state index contributed by atoms with van der Waals surface area (Å²) < 4.78 is 0.845. The van der Waals surface area contributed by atoms with E-state index in [1.165, 1.54) is 6.20 Å². The van der Waals surface area contributed by atoms with Crippen molar-refractivity contribution in [3.05, 3.63) is 46.3 Å². The molecule has 1 aliphatic heterocycles. The monoisotopic (exact) mass is 389 g/mol. The van der Waals surface area contributed by atoms with Gasteiger partial charge in [0.1, 0.15) is 11.5 Å². The third kappa shape index (κ3) is 3.91. The molecule has 0 unspecified atom stereocenters. The molecule has 1 aromatic carbocycles. The highest BCUT2D eigenvalue weighted by atomic mass is 79.9. The van der Waals surface area contributed by atoms with Crippen LogP contribution in [-0.4, -0.2) is 54.0 Å². The molecule has 2 heterocycles. The summed E-state index contributed by atoms with van der Waals surface area (Å²) >= 11 is 3.46. The second-order valence-electron chi connectivity index (χ2n) is 5.99. The Morgan fingerprint density at radius 1 is 1.17 bits per heavy atom. The van der Waals surface area contributed by atoms with E-state index in [-0.39, 0.29) is 5.91 Å². The van der Waals surface area contributed by atoms with Gasteiger partial charge >= 0.3 is 0 Å². The molecule has 0 atom stereocenters. The number of hydrogen-bond acceptors (Lipinski definition) is 5. The molecule has 6 nitrogen and oxygen atoms in total. The van der Waals surface area contributed by atoms with Crippen LogP contribution < -0.4 is 10.2 Å². The predicted molar refractivity (Wildman–Crippen MR) is 98.6 cm³/mol. The highest BCUT2D eigenvalue weighted by Crippen LogP contribution is 2.23. The van der Waals surface area contributed by atoms with Gasteiger partial charge in [-0.2, -0.15) is 0 Å². The topological polar surface area (TPSA) is 61.4 Å². The Labute approximate surface area is 150 Å². The molecular formula is C17H20BrN5O. The van der Waals surface area contributed by atoms with Gasteiger partial charge in [0.15, 0.2) is 0 Å². The van der Waals surface area contributed by atoms with Crippen molar-refractivity contribution in [2.45, 2.75) is 6.92 Å². The SMILES string of the molecule is Cc1ccc(NC(=O)c2cnc(N3CCN(C)CC3)cn2)c(Br)c1. The van der Waals surface area contributed by atoms with Crippen LogP contribution in [0, 0.1) is 6.92 Å². The zero-order valence-corrected chi connectivity index (χ0v) is 15.4. The molecule has 1 aromatic heterocycles. The number of hydrogen-bond donors (Lipinski definition) is 1. The number of anilines is 2. The fourth-order valence-corrected chi connectivity index (χ4v) is 3.14. The van der Waals surface area contributed by atoms with E-state index in [9.17, 15) is 4.79 Å². The van der Waals surface area contributed by atoms with Gasteiger partial charge < -0.3 is 15.1 Å². The van der Waals surface area contributed by atoms with E-state index in [0.717, 1.165) is 47.7 Å². The zero-order valence-electron chi connectivity index (χ0n) is 13.8. The van der Waals surface area contributed by atoms with Crippen LogP contribution in [0.3, 0.4) is 0 Å². The molecular weight excluding hydrogens is 370 g/mol. The number of amides is 1. The average Bonchev–Trinajstić information content (AvgIpc) is 2.58. The summed E-state index contributed by atoms with van der Waals surface area (Å²) in [6.07, 6.45) is 3.20. The summed E-state index contributed by atoms with van der Waals surface area (Å²) in [5, 5.41) is 2.85. The molecule has 0 saturated carbocycles. The Kier molecular flexibility index (Phi) is 5.11. The lowest BCUT2D eigenvalue weighted by Crippen LogP contribution is -2.44. The van der Waals surface area contributed by atoms with E-state index < -0.39 is 0 Å². The first-order chi connectivity index (χ1) is 11.5. The molecule has 0 radical (unpaired) electrons. The summed E-state index contributed by atoms with van der Waals surface area (Å²) in [4.78, 5) is 25.5. The molecule has 1 saturated heterocycles. The maximum atomic E-state index is 12.3. The summed E-state index contributed by atoms with van der Waals surface area (Å²) in [5.74, 6) is 0.549. The maximum absolute atomic E-state index is 12.3. The quantitative estimate of drug-likeness (QED) is 0.873. The van der Waals surface area contributed by atoms with Crippen molar-refractivity contribution in [1.29, 1.82) is 0 Å². The highest BCUT2D eigenvalue weighted by molar-refractivity contribution is 9.10. The maximum Gasteiger partial charge on any atom is 0.275 e. The van der Waals surface area contributed by atoms with E-state index in [4.69, 9.17) is 0 Å². The van der Waals surface area contributed by atoms with Crippen molar-refractivity contribution in [2.24, 2.45) is 0 Å². The number of nitrogens with one attached hydrogen (secondary N) is 1. The van der Waals surface area contributed by atoms with Crippen LogP contribution in [-0.2, 0) is 0 Å². The molecule has 3 rings (SSSR count). The number of carbonyl (C=O) groups excluding carboxylic acids is 1. The van der Waals surface area contributed by atoms with Crippen molar-refractivity contribution in [2.75, 3.05) is 43.4 Å². The Bertz CT molecular complexity index is 726. The lowest BCUT2D eigenvalue weighted by Gasteiger charge is -2.32. The highest BCUT2D eigenvalue weighted by Gasteiger charge is 2.16. The second kappa shape index (κ2) is 7.27. The van der Waals surface area contributed by atoms with Gasteiger partial charge in [-0.3, -0.25) is 4.79 Å². The van der Waals surface area contributed by atoms with Crippen LogP contribution in [0.2, 0.25) is 0 Å². The Balaban J connectivity index is 1.67. The minimum absolute atomic E-state index is 0.267. The molecule has 1 amide bonds. The first kappa shape index (κ1) is 16.9. The van der Waals surface area contributed by atoms with Crippen LogP contribution in [0.25, 0.3) is 0 Å². The fourth-order valence-electron chi connectivity index (χ4n) is 2.55. The molecule has 0 aliphatic carbocycles. The van der Waals surface area contributed by atoms with Gasteiger partial charge in [-0.1, -0.05) is 6.07 Å². The molecule has 0 bridgehead atoms. The number of likely N-dealkylation sites (N-methyl/N-ethyl adjacent to an activating group) is 1. The molecule has 2 aromatic rings. The van der Waals surface area contributed by atoms with Gasteiger partial charge in [0.25, 0.3) is 5.91 Å². The van der Waals surface area contributed by atoms with Gasteiger partial charge in [-0.25, -0.2) is 9.97 Å². The molecule has 1 aliphatic rings. The fraction of sp³-hybridized carbons (Fsp3) is 0.353. The normalized spacial score (nSPS) is 15.4. The van der Waals surface area contributed by atoms with Crippen LogP contribution >= 0.6 is 15.9 Å². The summed E-state index contributed by atoms with van der Waals surface area (Å²) in [7, 11) is 2.11. The number of benzene rings is 1. The minimum atomic E-state index is -0.267. The average molecular weight is 390 g/mol. The predicted octanol–water partition coefficient (Wildman–Crippen LogP) is 2.55. The van der Waals surface area contributed by atoms with Crippen LogP contribution in [0.5, 0.6) is 0 Å². The Morgan fingerprint density at radius 3 is 2.54 bits per heavy atom. The summed E-state index contributed by atoms with van der Waals surface area (Å²) in [6.45, 7) is 5.86. The van der Waals surface area contributed by atoms with Crippen molar-refractivity contribution >= 4 is 33.3 Å². The number of aryl methyl sites for hydroxylation is 1. The van der Waals surface area contributed by atoms with Crippen LogP contribution in [0.15, 0.2) is 35.1 Å². The van der Waals surface area contributed by atoms with E-state index in [1.54, 1.807) is 6.20 Å². The molecule has 0 spiro atoms. The first-order valence-electron chi connectivity index (χ1n) is 7.86. The largest absolute Gasteiger partial charge is 0.353 e. The van der Waals surface area contributed by atoms with E-state index in [1.807, 2.05) is 25.1 Å². The van der Waals surface area contributed by atoms with Crippen LogP contribution in [0.4, 0.5) is 11.5 Å². The van der Waals surface area contributed by atoms with Gasteiger partial charge in [0, 0.05) is 30.7 Å². The number of piperazine rings is 1. The van der Waals surface area contributed by atoms with Gasteiger partial charge in [0.2, 0.25) is 0 Å². The molecule has 126 valence electrons. The summed E-state index contributed by atoms with van der Waals surface area (Å²) in [5.41, 5.74) is 2.15. The molecule has 1 fully saturated rings. The van der Waals surface area contributed by atoms with Crippen molar-refractivity contribution in [1.82, 2.24) is 14.9 Å². The second-order valence-corrected chi connectivity index (χ2v) is 6.84. The van der Waals surface area contributed by atoms with Gasteiger partial charge in [-0.05, 0) is 47.6 Å². The summed E-state index contributed by atoms with van der Waals surface area (Å²) in [6, 6.07) is 5.77. The lowest BCUT2D eigenvalue weighted by molar-refractivity contribution is 0.102. The number of rotatable bonds is 3. The Hall–Kier alpha value is -1.99. The Morgan fingerprint density at radius 2 is 1.92 bits per heavy atom. The van der Waals surface area contributed by atoms with E-state index >= 15 is 0 Å². The molecule has 7 heteroatoms. The minimum Gasteiger partial charge on any atom is -0.353 e. The van der Waals surface area contributed by atoms with Crippen molar-refractivity contribution in [3.8, 4) is 0 Å². The number of nitrogens with zero attached hydrogens (tertiary/aromatic N) is 4.